The summed E-state index contributed by atoms with van der Waals surface area (Å²) in [5, 5.41) is 0. The van der Waals surface area contributed by atoms with Crippen molar-refractivity contribution in [3.8, 4) is 0 Å². The number of nitrogen functional groups attached to an aromatic ring is 1. The predicted molar refractivity (Wildman–Crippen MR) is 84.9 cm³/mol. The van der Waals surface area contributed by atoms with Crippen molar-refractivity contribution in [3.05, 3.63) is 47.4 Å². The zero-order valence-electron chi connectivity index (χ0n) is 12.8. The summed E-state index contributed by atoms with van der Waals surface area (Å²) < 4.78 is 2.17. The zero-order valence-corrected chi connectivity index (χ0v) is 12.8. The molecule has 0 radical (unpaired) electrons. The number of hydrogen-bond acceptors (Lipinski definition) is 2. The minimum atomic E-state index is 0.386. The lowest BCUT2D eigenvalue weighted by Crippen LogP contribution is -2.09. The smallest absolute Gasteiger partial charge is 0.127 e. The summed E-state index contributed by atoms with van der Waals surface area (Å²) in [6.07, 6.45) is 3.29. The summed E-state index contributed by atoms with van der Waals surface area (Å²) in [6.45, 7) is 7.35. The quantitative estimate of drug-likeness (QED) is 0.863. The van der Waals surface area contributed by atoms with Crippen molar-refractivity contribution in [2.24, 2.45) is 0 Å². The van der Waals surface area contributed by atoms with Gasteiger partial charge in [-0.1, -0.05) is 57.5 Å². The van der Waals surface area contributed by atoms with Gasteiger partial charge in [-0.2, -0.15) is 0 Å². The summed E-state index contributed by atoms with van der Waals surface area (Å²) in [4.78, 5) is 4.78. The molecule has 108 valence electrons. The second-order valence-electron chi connectivity index (χ2n) is 5.63. The van der Waals surface area contributed by atoms with Gasteiger partial charge in [-0.25, -0.2) is 4.98 Å². The first-order chi connectivity index (χ1) is 9.63. The fourth-order valence-electron chi connectivity index (χ4n) is 2.44. The highest BCUT2D eigenvalue weighted by Crippen LogP contribution is 2.23. The van der Waals surface area contributed by atoms with E-state index in [0.717, 1.165) is 36.7 Å². The lowest BCUT2D eigenvalue weighted by molar-refractivity contribution is 0.674. The van der Waals surface area contributed by atoms with E-state index in [1.54, 1.807) is 0 Å². The number of rotatable bonds is 6. The van der Waals surface area contributed by atoms with Crippen molar-refractivity contribution in [1.29, 1.82) is 0 Å². The Hall–Kier alpha value is -1.77. The number of nitrogens with zero attached hydrogens (tertiary/aromatic N) is 2. The van der Waals surface area contributed by atoms with Gasteiger partial charge < -0.3 is 10.3 Å². The molecule has 0 aliphatic rings. The van der Waals surface area contributed by atoms with Crippen LogP contribution in [0.25, 0.3) is 0 Å². The average molecular weight is 271 g/mol. The van der Waals surface area contributed by atoms with E-state index >= 15 is 0 Å². The van der Waals surface area contributed by atoms with Gasteiger partial charge in [0.15, 0.2) is 0 Å². The molecule has 1 aromatic heterocycles. The number of hydrogen-bond donors (Lipinski definition) is 1. The monoisotopic (exact) mass is 271 g/mol. The third kappa shape index (κ3) is 3.21. The molecular weight excluding hydrogens is 246 g/mol. The van der Waals surface area contributed by atoms with Crippen LogP contribution in [-0.4, -0.2) is 9.55 Å². The molecule has 0 atom stereocenters. The Morgan fingerprint density at radius 2 is 1.90 bits per heavy atom. The molecule has 0 amide bonds. The van der Waals surface area contributed by atoms with Crippen molar-refractivity contribution in [3.63, 3.8) is 0 Å². The minimum absolute atomic E-state index is 0.386. The Kier molecular flexibility index (Phi) is 4.83. The number of anilines is 1. The summed E-state index contributed by atoms with van der Waals surface area (Å²) in [5.74, 6) is 2.32. The lowest BCUT2D eigenvalue weighted by Gasteiger charge is -2.12. The molecule has 20 heavy (non-hydrogen) atoms. The molecule has 0 spiro atoms. The number of nitrogens with two attached hydrogens (primary N) is 1. The molecule has 1 aromatic carbocycles. The number of aromatic nitrogens is 2. The van der Waals surface area contributed by atoms with Gasteiger partial charge in [-0.15, -0.1) is 0 Å². The van der Waals surface area contributed by atoms with Crippen molar-refractivity contribution in [2.45, 2.75) is 52.5 Å². The third-order valence-electron chi connectivity index (χ3n) is 3.58. The first kappa shape index (κ1) is 14.6. The second kappa shape index (κ2) is 6.60. The Morgan fingerprint density at radius 3 is 2.50 bits per heavy atom. The van der Waals surface area contributed by atoms with Crippen LogP contribution in [0.1, 0.15) is 56.6 Å². The standard InChI is InChI=1S/C17H25N3/c1-4-5-11-15-16(18)20(17(19-15)13(2)3)12-14-9-7-6-8-10-14/h6-10,13H,4-5,11-12,18H2,1-3H3. The number of aryl methyl sites for hydroxylation is 1. The van der Waals surface area contributed by atoms with E-state index in [-0.39, 0.29) is 0 Å². The summed E-state index contributed by atoms with van der Waals surface area (Å²) in [5.41, 5.74) is 8.66. The number of benzene rings is 1. The molecule has 0 bridgehead atoms. The topological polar surface area (TPSA) is 43.8 Å². The van der Waals surface area contributed by atoms with Crippen molar-refractivity contribution in [2.75, 3.05) is 5.73 Å². The molecule has 3 nitrogen and oxygen atoms in total. The largest absolute Gasteiger partial charge is 0.384 e. The van der Waals surface area contributed by atoms with Crippen LogP contribution in [0, 0.1) is 0 Å². The highest BCUT2D eigenvalue weighted by atomic mass is 15.1. The van der Waals surface area contributed by atoms with Crippen LogP contribution in [0.4, 0.5) is 5.82 Å². The normalized spacial score (nSPS) is 11.2. The number of unbranched alkanes of at least 4 members (excludes halogenated alkanes) is 1. The third-order valence-corrected chi connectivity index (χ3v) is 3.58. The van der Waals surface area contributed by atoms with Gasteiger partial charge in [0.1, 0.15) is 11.6 Å². The van der Waals surface area contributed by atoms with Gasteiger partial charge in [-0.05, 0) is 18.4 Å². The Morgan fingerprint density at radius 1 is 1.20 bits per heavy atom. The fourth-order valence-corrected chi connectivity index (χ4v) is 2.44. The first-order valence-electron chi connectivity index (χ1n) is 7.52. The van der Waals surface area contributed by atoms with E-state index in [1.165, 1.54) is 12.0 Å². The Balaban J connectivity index is 2.32. The van der Waals surface area contributed by atoms with Crippen LogP contribution >= 0.6 is 0 Å². The molecule has 0 saturated heterocycles. The zero-order chi connectivity index (χ0) is 14.5. The summed E-state index contributed by atoms with van der Waals surface area (Å²) in [7, 11) is 0. The SMILES string of the molecule is CCCCc1nc(C(C)C)n(Cc2ccccc2)c1N. The molecule has 1 heterocycles. The molecule has 0 unspecified atom stereocenters. The first-order valence-corrected chi connectivity index (χ1v) is 7.52. The van der Waals surface area contributed by atoms with Gasteiger partial charge >= 0.3 is 0 Å². The molecule has 3 heteroatoms. The van der Waals surface area contributed by atoms with E-state index in [9.17, 15) is 0 Å². The highest BCUT2D eigenvalue weighted by Gasteiger charge is 2.16. The Labute approximate surface area is 121 Å². The summed E-state index contributed by atoms with van der Waals surface area (Å²) in [6, 6.07) is 10.4. The van der Waals surface area contributed by atoms with Gasteiger partial charge in [0.2, 0.25) is 0 Å². The van der Waals surface area contributed by atoms with Crippen LogP contribution in [0.5, 0.6) is 0 Å². The molecule has 0 fully saturated rings. The van der Waals surface area contributed by atoms with Gasteiger partial charge in [0, 0.05) is 5.92 Å². The number of imidazole rings is 1. The van der Waals surface area contributed by atoms with E-state index in [4.69, 9.17) is 10.7 Å². The van der Waals surface area contributed by atoms with Gasteiger partial charge in [0.05, 0.1) is 12.2 Å². The van der Waals surface area contributed by atoms with E-state index in [0.29, 0.717) is 5.92 Å². The molecule has 0 aliphatic carbocycles. The maximum absolute atomic E-state index is 6.33. The van der Waals surface area contributed by atoms with Crippen molar-refractivity contribution in [1.82, 2.24) is 9.55 Å². The minimum Gasteiger partial charge on any atom is -0.384 e. The maximum Gasteiger partial charge on any atom is 0.127 e. The fraction of sp³-hybridized carbons (Fsp3) is 0.471. The molecule has 0 saturated carbocycles. The second-order valence-corrected chi connectivity index (χ2v) is 5.63. The lowest BCUT2D eigenvalue weighted by atomic mass is 10.2. The van der Waals surface area contributed by atoms with Crippen LogP contribution in [-0.2, 0) is 13.0 Å². The van der Waals surface area contributed by atoms with E-state index < -0.39 is 0 Å². The summed E-state index contributed by atoms with van der Waals surface area (Å²) >= 11 is 0. The molecular formula is C17H25N3. The molecule has 2 aromatic rings. The van der Waals surface area contributed by atoms with Crippen LogP contribution in [0.2, 0.25) is 0 Å². The van der Waals surface area contributed by atoms with Crippen LogP contribution in [0.15, 0.2) is 30.3 Å². The van der Waals surface area contributed by atoms with E-state index in [1.807, 2.05) is 6.07 Å². The van der Waals surface area contributed by atoms with Crippen molar-refractivity contribution < 1.29 is 0 Å². The van der Waals surface area contributed by atoms with Crippen LogP contribution in [0.3, 0.4) is 0 Å². The Bertz CT molecular complexity index is 541. The van der Waals surface area contributed by atoms with Gasteiger partial charge in [-0.3, -0.25) is 0 Å². The van der Waals surface area contributed by atoms with Crippen LogP contribution < -0.4 is 5.73 Å². The van der Waals surface area contributed by atoms with Crippen molar-refractivity contribution >= 4 is 5.82 Å². The molecule has 2 N–H and O–H groups in total. The molecule has 0 aliphatic heterocycles. The maximum atomic E-state index is 6.33. The average Bonchev–Trinajstić information content (AvgIpc) is 2.75. The predicted octanol–water partition coefficient (Wildman–Crippen LogP) is 3.98. The molecule has 2 rings (SSSR count). The van der Waals surface area contributed by atoms with E-state index in [2.05, 4.69) is 49.6 Å². The van der Waals surface area contributed by atoms with Gasteiger partial charge in [0.25, 0.3) is 0 Å². The highest BCUT2D eigenvalue weighted by molar-refractivity contribution is 5.40.